The van der Waals surface area contributed by atoms with Crippen LogP contribution in [0, 0.1) is 0 Å². The first-order valence-corrected chi connectivity index (χ1v) is 8.23. The number of hydrogen-bond acceptors (Lipinski definition) is 5. The van der Waals surface area contributed by atoms with Gasteiger partial charge in [0, 0.05) is 5.56 Å². The van der Waals surface area contributed by atoms with Gasteiger partial charge in [0.25, 0.3) is 11.8 Å². The molecule has 2 amide bonds. The maximum Gasteiger partial charge on any atom is 0.273 e. The summed E-state index contributed by atoms with van der Waals surface area (Å²) < 4.78 is 10.5. The van der Waals surface area contributed by atoms with E-state index < -0.39 is 11.8 Å². The highest BCUT2D eigenvalue weighted by Crippen LogP contribution is 2.16. The van der Waals surface area contributed by atoms with Gasteiger partial charge >= 0.3 is 0 Å². The molecule has 26 heavy (non-hydrogen) atoms. The van der Waals surface area contributed by atoms with E-state index in [9.17, 15) is 9.59 Å². The zero-order valence-electron chi connectivity index (χ0n) is 14.4. The van der Waals surface area contributed by atoms with Gasteiger partial charge in [0.05, 0.1) is 19.3 Å². The molecule has 0 saturated heterocycles. The number of benzene rings is 2. The minimum absolute atomic E-state index is 0.0416. The highest BCUT2D eigenvalue weighted by Gasteiger charge is 2.13. The first-order chi connectivity index (χ1) is 12.5. The van der Waals surface area contributed by atoms with Crippen molar-refractivity contribution in [1.82, 2.24) is 16.2 Å². The fourth-order valence-corrected chi connectivity index (χ4v) is 2.26. The van der Waals surface area contributed by atoms with Gasteiger partial charge in [-0.2, -0.15) is 0 Å². The standard InChI is InChI=1S/C18H19N3O4S/c1-3-25-13-8-6-7-12(11-13)16(22)19-18(26)21-20-17(23)14-9-4-5-10-15(14)24-2/h4-11H,3H2,1-2H3,(H,20,23)(H2,19,21,22,26). The summed E-state index contributed by atoms with van der Waals surface area (Å²) in [7, 11) is 1.47. The summed E-state index contributed by atoms with van der Waals surface area (Å²) in [4.78, 5) is 24.4. The van der Waals surface area contributed by atoms with Gasteiger partial charge in [0.2, 0.25) is 0 Å². The highest BCUT2D eigenvalue weighted by atomic mass is 32.1. The lowest BCUT2D eigenvalue weighted by Gasteiger charge is -2.12. The van der Waals surface area contributed by atoms with Gasteiger partial charge in [0.15, 0.2) is 5.11 Å². The number of para-hydroxylation sites is 1. The number of hydrogen-bond donors (Lipinski definition) is 3. The number of hydrazine groups is 1. The predicted molar refractivity (Wildman–Crippen MR) is 101 cm³/mol. The predicted octanol–water partition coefficient (Wildman–Crippen LogP) is 2.04. The molecule has 2 aromatic rings. The summed E-state index contributed by atoms with van der Waals surface area (Å²) in [6.45, 7) is 2.36. The molecule has 0 aromatic heterocycles. The second-order valence-electron chi connectivity index (χ2n) is 5.02. The van der Waals surface area contributed by atoms with Crippen molar-refractivity contribution in [3.05, 3.63) is 59.7 Å². The minimum Gasteiger partial charge on any atom is -0.496 e. The Kier molecular flexibility index (Phi) is 6.92. The fraction of sp³-hybridized carbons (Fsp3) is 0.167. The Morgan fingerprint density at radius 1 is 1.04 bits per heavy atom. The molecule has 3 N–H and O–H groups in total. The van der Waals surface area contributed by atoms with Gasteiger partial charge in [-0.05, 0) is 49.5 Å². The van der Waals surface area contributed by atoms with Crippen molar-refractivity contribution >= 4 is 29.1 Å². The molecule has 0 fully saturated rings. The number of methoxy groups -OCH3 is 1. The molecule has 0 unspecified atom stereocenters. The van der Waals surface area contributed by atoms with Crippen molar-refractivity contribution in [3.8, 4) is 11.5 Å². The number of thiocarbonyl (C=S) groups is 1. The molecular weight excluding hydrogens is 354 g/mol. The Hall–Kier alpha value is -3.13. The molecule has 7 nitrogen and oxygen atoms in total. The summed E-state index contributed by atoms with van der Waals surface area (Å²) in [6.07, 6.45) is 0. The average molecular weight is 373 g/mol. The maximum atomic E-state index is 12.2. The topological polar surface area (TPSA) is 88.7 Å². The lowest BCUT2D eigenvalue weighted by molar-refractivity contribution is 0.0932. The normalized spacial score (nSPS) is 9.77. The van der Waals surface area contributed by atoms with Crippen molar-refractivity contribution in [3.63, 3.8) is 0 Å². The zero-order valence-corrected chi connectivity index (χ0v) is 15.2. The number of amides is 2. The second kappa shape index (κ2) is 9.38. The van der Waals surface area contributed by atoms with Gasteiger partial charge in [0.1, 0.15) is 11.5 Å². The summed E-state index contributed by atoms with van der Waals surface area (Å²) >= 11 is 5.02. The maximum absolute atomic E-state index is 12.2. The summed E-state index contributed by atoms with van der Waals surface area (Å²) in [5.41, 5.74) is 5.62. The van der Waals surface area contributed by atoms with Gasteiger partial charge in [-0.25, -0.2) is 0 Å². The molecule has 0 atom stereocenters. The zero-order chi connectivity index (χ0) is 18.9. The van der Waals surface area contributed by atoms with Crippen LogP contribution >= 0.6 is 12.2 Å². The number of carbonyl (C=O) groups excluding carboxylic acids is 2. The summed E-state index contributed by atoms with van der Waals surface area (Å²) in [5, 5.41) is 2.44. The lowest BCUT2D eigenvalue weighted by atomic mass is 10.2. The molecule has 2 aromatic carbocycles. The van der Waals surface area contributed by atoms with Crippen molar-refractivity contribution in [1.29, 1.82) is 0 Å². The summed E-state index contributed by atoms with van der Waals surface area (Å²) in [6, 6.07) is 13.4. The first-order valence-electron chi connectivity index (χ1n) is 7.82. The first kappa shape index (κ1) is 19.2. The van der Waals surface area contributed by atoms with Gasteiger partial charge in [-0.15, -0.1) is 0 Å². The Labute approximate surface area is 156 Å². The van der Waals surface area contributed by atoms with Crippen molar-refractivity contribution in [2.75, 3.05) is 13.7 Å². The van der Waals surface area contributed by atoms with Gasteiger partial charge in [-0.1, -0.05) is 18.2 Å². The van der Waals surface area contributed by atoms with Crippen LogP contribution in [0.15, 0.2) is 48.5 Å². The molecule has 0 radical (unpaired) electrons. The third kappa shape index (κ3) is 5.18. The van der Waals surface area contributed by atoms with Crippen molar-refractivity contribution in [2.45, 2.75) is 6.92 Å². The molecule has 0 saturated carbocycles. The number of nitrogens with one attached hydrogen (secondary N) is 3. The van der Waals surface area contributed by atoms with E-state index >= 15 is 0 Å². The molecule has 8 heteroatoms. The Balaban J connectivity index is 1.91. The van der Waals surface area contributed by atoms with E-state index in [0.717, 1.165) is 0 Å². The van der Waals surface area contributed by atoms with Crippen LogP contribution in [0.5, 0.6) is 11.5 Å². The SMILES string of the molecule is CCOc1cccc(C(=O)NC(=S)NNC(=O)c2ccccc2OC)c1. The summed E-state index contributed by atoms with van der Waals surface area (Å²) in [5.74, 6) is 0.144. The van der Waals surface area contributed by atoms with Crippen molar-refractivity contribution < 1.29 is 19.1 Å². The molecule has 0 aliphatic heterocycles. The van der Waals surface area contributed by atoms with Crippen LogP contribution in [0.1, 0.15) is 27.6 Å². The van der Waals surface area contributed by atoms with Crippen LogP contribution in [-0.4, -0.2) is 30.6 Å². The molecular formula is C18H19N3O4S. The number of ether oxygens (including phenoxy) is 2. The van der Waals surface area contributed by atoms with E-state index in [2.05, 4.69) is 16.2 Å². The number of carbonyl (C=O) groups is 2. The quantitative estimate of drug-likeness (QED) is 0.549. The van der Waals surface area contributed by atoms with Crippen LogP contribution in [-0.2, 0) is 0 Å². The molecule has 0 bridgehead atoms. The Morgan fingerprint density at radius 2 is 1.81 bits per heavy atom. The van der Waals surface area contributed by atoms with Crippen LogP contribution in [0.3, 0.4) is 0 Å². The van der Waals surface area contributed by atoms with E-state index in [-0.39, 0.29) is 5.11 Å². The molecule has 2 rings (SSSR count). The highest BCUT2D eigenvalue weighted by molar-refractivity contribution is 7.80. The van der Waals surface area contributed by atoms with E-state index in [1.807, 2.05) is 6.92 Å². The minimum atomic E-state index is -0.447. The molecule has 136 valence electrons. The monoisotopic (exact) mass is 373 g/mol. The Morgan fingerprint density at radius 3 is 2.54 bits per heavy atom. The van der Waals surface area contributed by atoms with E-state index in [1.54, 1.807) is 48.5 Å². The van der Waals surface area contributed by atoms with Gasteiger partial charge < -0.3 is 9.47 Å². The average Bonchev–Trinajstić information content (AvgIpc) is 2.66. The van der Waals surface area contributed by atoms with E-state index in [1.165, 1.54) is 7.11 Å². The molecule has 0 aliphatic carbocycles. The largest absolute Gasteiger partial charge is 0.496 e. The van der Waals surface area contributed by atoms with Crippen LogP contribution in [0.25, 0.3) is 0 Å². The fourth-order valence-electron chi connectivity index (χ4n) is 2.11. The smallest absolute Gasteiger partial charge is 0.273 e. The molecule has 0 spiro atoms. The van der Waals surface area contributed by atoms with Gasteiger partial charge in [-0.3, -0.25) is 25.8 Å². The molecule has 0 heterocycles. The van der Waals surface area contributed by atoms with E-state index in [0.29, 0.717) is 29.2 Å². The lowest BCUT2D eigenvalue weighted by Crippen LogP contribution is -2.48. The number of rotatable bonds is 5. The van der Waals surface area contributed by atoms with Crippen LogP contribution in [0.2, 0.25) is 0 Å². The third-order valence-electron chi connectivity index (χ3n) is 3.28. The van der Waals surface area contributed by atoms with Crippen LogP contribution in [0.4, 0.5) is 0 Å². The van der Waals surface area contributed by atoms with Crippen molar-refractivity contribution in [2.24, 2.45) is 0 Å². The molecule has 0 aliphatic rings. The third-order valence-corrected chi connectivity index (χ3v) is 3.48. The van der Waals surface area contributed by atoms with E-state index in [4.69, 9.17) is 21.7 Å². The Bertz CT molecular complexity index is 811. The second-order valence-corrected chi connectivity index (χ2v) is 5.43. The van der Waals surface area contributed by atoms with Crippen LogP contribution < -0.4 is 25.6 Å².